The van der Waals surface area contributed by atoms with E-state index in [2.05, 4.69) is 0 Å². The third kappa shape index (κ3) is 3.51. The first-order valence-electron chi connectivity index (χ1n) is 5.18. The third-order valence-corrected chi connectivity index (χ3v) is 2.04. The summed E-state index contributed by atoms with van der Waals surface area (Å²) in [5.74, 6) is 0.672. The summed E-state index contributed by atoms with van der Waals surface area (Å²) in [6.45, 7) is 6.52. The molecule has 0 spiro atoms. The monoisotopic (exact) mass is 211 g/mol. The number of nitrogens with two attached hydrogens (primary N) is 1. The molecule has 15 heavy (non-hydrogen) atoms. The van der Waals surface area contributed by atoms with E-state index in [1.54, 1.807) is 6.07 Å². The zero-order valence-electron chi connectivity index (χ0n) is 9.46. The maximum absolute atomic E-state index is 13.0. The van der Waals surface area contributed by atoms with Gasteiger partial charge in [-0.2, -0.15) is 0 Å². The molecule has 0 amide bonds. The Hall–Kier alpha value is -1.09. The summed E-state index contributed by atoms with van der Waals surface area (Å²) in [4.78, 5) is 0. The molecule has 1 unspecified atom stereocenters. The van der Waals surface area contributed by atoms with Crippen LogP contribution in [0.1, 0.15) is 32.4 Å². The van der Waals surface area contributed by atoms with Crippen molar-refractivity contribution in [1.29, 1.82) is 0 Å². The molecule has 2 N–H and O–H groups in total. The van der Waals surface area contributed by atoms with Gasteiger partial charge in [-0.15, -0.1) is 0 Å². The van der Waals surface area contributed by atoms with E-state index in [1.807, 2.05) is 20.8 Å². The Balaban J connectivity index is 2.87. The van der Waals surface area contributed by atoms with E-state index in [4.69, 9.17) is 10.5 Å². The molecule has 1 rings (SSSR count). The van der Waals surface area contributed by atoms with Crippen molar-refractivity contribution >= 4 is 0 Å². The molecule has 0 aliphatic rings. The Morgan fingerprint density at radius 3 is 2.53 bits per heavy atom. The summed E-state index contributed by atoms with van der Waals surface area (Å²) in [5.41, 5.74) is 6.61. The van der Waals surface area contributed by atoms with Gasteiger partial charge in [0.2, 0.25) is 0 Å². The van der Waals surface area contributed by atoms with Crippen molar-refractivity contribution in [1.82, 2.24) is 0 Å². The summed E-state index contributed by atoms with van der Waals surface area (Å²) in [7, 11) is 0. The van der Waals surface area contributed by atoms with E-state index in [0.717, 1.165) is 5.56 Å². The molecule has 2 nitrogen and oxygen atoms in total. The molecule has 0 radical (unpaired) electrons. The molecule has 0 aromatic heterocycles. The van der Waals surface area contributed by atoms with Crippen LogP contribution in [0.4, 0.5) is 4.39 Å². The van der Waals surface area contributed by atoms with Crippen molar-refractivity contribution in [3.63, 3.8) is 0 Å². The highest BCUT2D eigenvalue weighted by molar-refractivity contribution is 5.36. The highest BCUT2D eigenvalue weighted by Crippen LogP contribution is 2.25. The molecular weight excluding hydrogens is 193 g/mol. The molecule has 84 valence electrons. The largest absolute Gasteiger partial charge is 0.493 e. The van der Waals surface area contributed by atoms with Crippen LogP contribution >= 0.6 is 0 Å². The van der Waals surface area contributed by atoms with Gasteiger partial charge in [0, 0.05) is 17.7 Å². The number of hydrogen-bond acceptors (Lipinski definition) is 2. The number of benzene rings is 1. The van der Waals surface area contributed by atoms with Crippen LogP contribution in [0.15, 0.2) is 18.2 Å². The predicted molar refractivity (Wildman–Crippen MR) is 59.3 cm³/mol. The van der Waals surface area contributed by atoms with Crippen molar-refractivity contribution < 1.29 is 9.13 Å². The minimum absolute atomic E-state index is 0.146. The predicted octanol–water partition coefficient (Wildman–Crippen LogP) is 2.88. The SMILES string of the molecule is CC(C)COc1cc(F)ccc1C(C)N. The molecule has 0 saturated carbocycles. The second-order valence-electron chi connectivity index (χ2n) is 4.18. The molecular formula is C12H18FNO. The lowest BCUT2D eigenvalue weighted by Gasteiger charge is -2.15. The van der Waals surface area contributed by atoms with Crippen LogP contribution in [0.2, 0.25) is 0 Å². The van der Waals surface area contributed by atoms with Crippen molar-refractivity contribution in [2.45, 2.75) is 26.8 Å². The summed E-state index contributed by atoms with van der Waals surface area (Å²) in [5, 5.41) is 0. The van der Waals surface area contributed by atoms with Gasteiger partial charge in [-0.1, -0.05) is 19.9 Å². The first kappa shape index (κ1) is 12.0. The lowest BCUT2D eigenvalue weighted by atomic mass is 10.1. The van der Waals surface area contributed by atoms with E-state index < -0.39 is 0 Å². The summed E-state index contributed by atoms with van der Waals surface area (Å²) in [6.07, 6.45) is 0. The van der Waals surface area contributed by atoms with E-state index in [9.17, 15) is 4.39 Å². The Kier molecular flexibility index (Phi) is 4.09. The molecule has 0 fully saturated rings. The number of ether oxygens (including phenoxy) is 1. The van der Waals surface area contributed by atoms with Gasteiger partial charge in [-0.05, 0) is 18.9 Å². The minimum atomic E-state index is -0.293. The van der Waals surface area contributed by atoms with Crippen LogP contribution in [-0.2, 0) is 0 Å². The second kappa shape index (κ2) is 5.12. The molecule has 0 heterocycles. The van der Waals surface area contributed by atoms with E-state index >= 15 is 0 Å². The average Bonchev–Trinajstić information content (AvgIpc) is 2.14. The second-order valence-corrected chi connectivity index (χ2v) is 4.18. The molecule has 1 aromatic carbocycles. The van der Waals surface area contributed by atoms with Gasteiger partial charge >= 0.3 is 0 Å². The highest BCUT2D eigenvalue weighted by atomic mass is 19.1. The topological polar surface area (TPSA) is 35.2 Å². The maximum atomic E-state index is 13.0. The first-order chi connectivity index (χ1) is 7.00. The third-order valence-electron chi connectivity index (χ3n) is 2.04. The molecule has 0 aliphatic carbocycles. The van der Waals surface area contributed by atoms with Gasteiger partial charge < -0.3 is 10.5 Å². The Morgan fingerprint density at radius 2 is 2.00 bits per heavy atom. The van der Waals surface area contributed by atoms with Crippen molar-refractivity contribution in [3.05, 3.63) is 29.6 Å². The normalized spacial score (nSPS) is 12.9. The van der Waals surface area contributed by atoms with Crippen molar-refractivity contribution in [2.24, 2.45) is 11.7 Å². The number of rotatable bonds is 4. The molecule has 0 aliphatic heterocycles. The highest BCUT2D eigenvalue weighted by Gasteiger charge is 2.09. The summed E-state index contributed by atoms with van der Waals surface area (Å²) in [6, 6.07) is 4.32. The lowest BCUT2D eigenvalue weighted by molar-refractivity contribution is 0.266. The molecule has 1 aromatic rings. The van der Waals surface area contributed by atoms with Gasteiger partial charge in [0.05, 0.1) is 6.61 Å². The summed E-state index contributed by atoms with van der Waals surface area (Å²) < 4.78 is 18.5. The Labute approximate surface area is 90.2 Å². The number of hydrogen-bond donors (Lipinski definition) is 1. The van der Waals surface area contributed by atoms with Gasteiger partial charge in [0.1, 0.15) is 11.6 Å². The van der Waals surface area contributed by atoms with Gasteiger partial charge in [0.25, 0.3) is 0 Å². The molecule has 1 atom stereocenters. The Morgan fingerprint density at radius 1 is 1.33 bits per heavy atom. The average molecular weight is 211 g/mol. The minimum Gasteiger partial charge on any atom is -0.493 e. The van der Waals surface area contributed by atoms with Crippen LogP contribution in [-0.4, -0.2) is 6.61 Å². The summed E-state index contributed by atoms with van der Waals surface area (Å²) >= 11 is 0. The van der Waals surface area contributed by atoms with E-state index in [1.165, 1.54) is 12.1 Å². The van der Waals surface area contributed by atoms with E-state index in [-0.39, 0.29) is 11.9 Å². The fourth-order valence-corrected chi connectivity index (χ4v) is 1.27. The van der Waals surface area contributed by atoms with Crippen LogP contribution in [0.25, 0.3) is 0 Å². The fraction of sp³-hybridized carbons (Fsp3) is 0.500. The fourth-order valence-electron chi connectivity index (χ4n) is 1.27. The van der Waals surface area contributed by atoms with Crippen molar-refractivity contribution in [3.8, 4) is 5.75 Å². The maximum Gasteiger partial charge on any atom is 0.126 e. The van der Waals surface area contributed by atoms with E-state index in [0.29, 0.717) is 18.3 Å². The number of halogens is 1. The first-order valence-corrected chi connectivity index (χ1v) is 5.18. The standard InChI is InChI=1S/C12H18FNO/c1-8(2)7-15-12-6-10(13)4-5-11(12)9(3)14/h4-6,8-9H,7,14H2,1-3H3. The van der Waals surface area contributed by atoms with Crippen LogP contribution in [0, 0.1) is 11.7 Å². The zero-order valence-corrected chi connectivity index (χ0v) is 9.46. The smallest absolute Gasteiger partial charge is 0.126 e. The zero-order chi connectivity index (χ0) is 11.4. The van der Waals surface area contributed by atoms with Crippen LogP contribution < -0.4 is 10.5 Å². The molecule has 3 heteroatoms. The van der Waals surface area contributed by atoms with Gasteiger partial charge in [-0.3, -0.25) is 0 Å². The van der Waals surface area contributed by atoms with Crippen LogP contribution in [0.3, 0.4) is 0 Å². The quantitative estimate of drug-likeness (QED) is 0.831. The lowest BCUT2D eigenvalue weighted by Crippen LogP contribution is -2.11. The van der Waals surface area contributed by atoms with Crippen LogP contribution in [0.5, 0.6) is 5.75 Å². The molecule has 0 bridgehead atoms. The van der Waals surface area contributed by atoms with Crippen molar-refractivity contribution in [2.75, 3.05) is 6.61 Å². The van der Waals surface area contributed by atoms with Gasteiger partial charge in [0.15, 0.2) is 0 Å². The van der Waals surface area contributed by atoms with Gasteiger partial charge in [-0.25, -0.2) is 4.39 Å². The molecule has 0 saturated heterocycles. The Bertz CT molecular complexity index is 323.